The van der Waals surface area contributed by atoms with Gasteiger partial charge >= 0.3 is 0 Å². The zero-order valence-corrected chi connectivity index (χ0v) is 17.6. The zero-order chi connectivity index (χ0) is 22.1. The second-order valence-electron chi connectivity index (χ2n) is 7.90. The number of hydrogen-bond donors (Lipinski definition) is 5. The van der Waals surface area contributed by atoms with Crippen LogP contribution in [0.25, 0.3) is 0 Å². The van der Waals surface area contributed by atoms with Crippen molar-refractivity contribution in [3.63, 3.8) is 0 Å². The molecule has 2 aromatic rings. The number of hydrogen-bond acceptors (Lipinski definition) is 4. The zero-order valence-electron chi connectivity index (χ0n) is 17.6. The summed E-state index contributed by atoms with van der Waals surface area (Å²) >= 11 is 0. The maximum absolute atomic E-state index is 12.2. The number of nitrogens with one attached hydrogen (secondary N) is 3. The fourth-order valence-corrected chi connectivity index (χ4v) is 4.52. The van der Waals surface area contributed by atoms with Crippen molar-refractivity contribution < 1.29 is 9.59 Å². The lowest BCUT2D eigenvalue weighted by atomic mass is 9.67. The van der Waals surface area contributed by atoms with E-state index >= 15 is 0 Å². The van der Waals surface area contributed by atoms with Gasteiger partial charge in [0.2, 0.25) is 0 Å². The summed E-state index contributed by atoms with van der Waals surface area (Å²) < 4.78 is 0. The molecule has 0 radical (unpaired) electrons. The Bertz CT molecular complexity index is 945. The molecule has 1 aliphatic carbocycles. The lowest BCUT2D eigenvalue weighted by molar-refractivity contribution is 0.0955. The van der Waals surface area contributed by atoms with E-state index in [0.717, 1.165) is 22.3 Å². The summed E-state index contributed by atoms with van der Waals surface area (Å²) in [6.45, 7) is 1.90. The van der Waals surface area contributed by atoms with Crippen molar-refractivity contribution in [2.75, 3.05) is 14.1 Å². The van der Waals surface area contributed by atoms with Gasteiger partial charge in [-0.1, -0.05) is 12.1 Å². The minimum Gasteiger partial charge on any atom is -0.387 e. The summed E-state index contributed by atoms with van der Waals surface area (Å²) in [4.78, 5) is 24.4. The molecule has 3 rings (SSSR count). The molecule has 158 valence electrons. The first-order valence-electron chi connectivity index (χ1n) is 10.1. The Kier molecular flexibility index (Phi) is 5.94. The van der Waals surface area contributed by atoms with Crippen LogP contribution in [0.4, 0.5) is 0 Å². The molecular formula is C23H29N5O2. The van der Waals surface area contributed by atoms with Gasteiger partial charge in [0.05, 0.1) is 5.41 Å². The van der Waals surface area contributed by atoms with Crippen LogP contribution >= 0.6 is 0 Å². The van der Waals surface area contributed by atoms with Crippen LogP contribution in [-0.2, 0) is 18.3 Å². The maximum Gasteiger partial charge on any atom is 0.251 e. The molecule has 0 heterocycles. The predicted octanol–water partition coefficient (Wildman–Crippen LogP) is 1.46. The van der Waals surface area contributed by atoms with E-state index in [1.807, 2.05) is 31.2 Å². The second kappa shape index (κ2) is 8.28. The molecule has 2 aromatic carbocycles. The number of benzene rings is 2. The maximum atomic E-state index is 12.2. The van der Waals surface area contributed by atoms with Gasteiger partial charge in [0.1, 0.15) is 5.84 Å². The summed E-state index contributed by atoms with van der Waals surface area (Å²) in [5.41, 5.74) is 16.4. The topological polar surface area (TPSA) is 134 Å². The summed E-state index contributed by atoms with van der Waals surface area (Å²) in [7, 11) is 3.19. The van der Waals surface area contributed by atoms with Gasteiger partial charge in [-0.2, -0.15) is 0 Å². The predicted molar refractivity (Wildman–Crippen MR) is 118 cm³/mol. The van der Waals surface area contributed by atoms with Crippen molar-refractivity contribution in [1.82, 2.24) is 10.6 Å². The van der Waals surface area contributed by atoms with E-state index in [4.69, 9.17) is 16.9 Å². The van der Waals surface area contributed by atoms with Crippen molar-refractivity contribution in [1.29, 1.82) is 5.41 Å². The van der Waals surface area contributed by atoms with Crippen LogP contribution in [0.2, 0.25) is 0 Å². The third-order valence-electron chi connectivity index (χ3n) is 5.86. The van der Waals surface area contributed by atoms with Gasteiger partial charge in [0, 0.05) is 31.3 Å². The molecule has 0 saturated heterocycles. The van der Waals surface area contributed by atoms with Crippen LogP contribution < -0.4 is 22.1 Å². The van der Waals surface area contributed by atoms with Crippen LogP contribution in [0.15, 0.2) is 36.4 Å². The van der Waals surface area contributed by atoms with E-state index in [1.54, 1.807) is 26.2 Å². The van der Waals surface area contributed by atoms with Gasteiger partial charge in [0.25, 0.3) is 11.8 Å². The van der Waals surface area contributed by atoms with Crippen molar-refractivity contribution in [2.24, 2.45) is 11.5 Å². The van der Waals surface area contributed by atoms with E-state index < -0.39 is 5.41 Å². The molecular weight excluding hydrogens is 378 g/mol. The Balaban J connectivity index is 2.30. The van der Waals surface area contributed by atoms with Crippen molar-refractivity contribution in [3.05, 3.63) is 69.8 Å². The number of amides is 2. The SMILES string of the molecule is CNC(=O)c1ccc2c(c1)CCc1cc(C(=O)NC)ccc1C2(C[C@H](C)N)C(=N)N. The number of amidine groups is 1. The molecule has 7 N–H and O–H groups in total. The van der Waals surface area contributed by atoms with Crippen LogP contribution in [0.5, 0.6) is 0 Å². The molecule has 1 atom stereocenters. The number of carbonyl (C=O) groups is 2. The lowest BCUT2D eigenvalue weighted by Crippen LogP contribution is -2.46. The molecule has 30 heavy (non-hydrogen) atoms. The highest BCUT2D eigenvalue weighted by Crippen LogP contribution is 2.43. The molecule has 7 nitrogen and oxygen atoms in total. The molecule has 0 aromatic heterocycles. The van der Waals surface area contributed by atoms with Crippen LogP contribution in [-0.4, -0.2) is 37.8 Å². The highest BCUT2D eigenvalue weighted by molar-refractivity contribution is 5.98. The first-order valence-corrected chi connectivity index (χ1v) is 10.1. The summed E-state index contributed by atoms with van der Waals surface area (Å²) in [5.74, 6) is -0.325. The molecule has 0 spiro atoms. The largest absolute Gasteiger partial charge is 0.387 e. The number of fused-ring (bicyclic) bond motifs is 2. The smallest absolute Gasteiger partial charge is 0.251 e. The lowest BCUT2D eigenvalue weighted by Gasteiger charge is -2.37. The molecule has 7 heteroatoms. The summed E-state index contributed by atoms with van der Waals surface area (Å²) in [6, 6.07) is 10.8. The molecule has 0 saturated carbocycles. The van der Waals surface area contributed by atoms with E-state index in [1.165, 1.54) is 0 Å². The normalized spacial score (nSPS) is 15.2. The third kappa shape index (κ3) is 3.57. The van der Waals surface area contributed by atoms with Gasteiger partial charge in [-0.15, -0.1) is 0 Å². The van der Waals surface area contributed by atoms with Crippen molar-refractivity contribution in [3.8, 4) is 0 Å². The fourth-order valence-electron chi connectivity index (χ4n) is 4.52. The number of carbonyl (C=O) groups excluding carboxylic acids is 2. The molecule has 1 aliphatic rings. The van der Waals surface area contributed by atoms with Gasteiger partial charge in [-0.3, -0.25) is 15.0 Å². The standard InChI is InChI=1S/C23H29N5O2/c1-13(24)12-23(22(25)26)18-8-6-16(20(29)27-2)10-14(18)4-5-15-11-17(21(30)28-3)7-9-19(15)23/h6-11,13H,4-5,12,24H2,1-3H3,(H3,25,26)(H,27,29)(H,28,30)/t13-/m0/s1. The van der Waals surface area contributed by atoms with Crippen LogP contribution in [0.3, 0.4) is 0 Å². The molecule has 0 unspecified atom stereocenters. The minimum absolute atomic E-state index is 0.00425. The molecule has 0 fully saturated rings. The van der Waals surface area contributed by atoms with Gasteiger partial charge in [0.15, 0.2) is 0 Å². The Morgan fingerprint density at radius 3 is 1.77 bits per heavy atom. The van der Waals surface area contributed by atoms with E-state index in [2.05, 4.69) is 10.6 Å². The minimum atomic E-state index is -0.919. The van der Waals surface area contributed by atoms with Gasteiger partial charge in [-0.05, 0) is 72.7 Å². The summed E-state index contributed by atoms with van der Waals surface area (Å²) in [6.07, 6.45) is 1.78. The molecule has 2 amide bonds. The van der Waals surface area contributed by atoms with E-state index in [9.17, 15) is 9.59 Å². The third-order valence-corrected chi connectivity index (χ3v) is 5.86. The average Bonchev–Trinajstić information content (AvgIpc) is 2.87. The summed E-state index contributed by atoms with van der Waals surface area (Å²) in [5, 5.41) is 13.9. The average molecular weight is 408 g/mol. The van der Waals surface area contributed by atoms with E-state index in [-0.39, 0.29) is 23.7 Å². The Labute approximate surface area is 176 Å². The highest BCUT2D eigenvalue weighted by atomic mass is 16.2. The molecule has 0 bridgehead atoms. The Hall–Kier alpha value is -3.19. The fraction of sp³-hybridized carbons (Fsp3) is 0.348. The first-order chi connectivity index (χ1) is 14.2. The number of rotatable bonds is 5. The Morgan fingerprint density at radius 2 is 1.43 bits per heavy atom. The second-order valence-corrected chi connectivity index (χ2v) is 7.90. The molecule has 0 aliphatic heterocycles. The van der Waals surface area contributed by atoms with E-state index in [0.29, 0.717) is 30.4 Å². The number of nitrogens with two attached hydrogens (primary N) is 2. The first kappa shape index (κ1) is 21.5. The van der Waals surface area contributed by atoms with Gasteiger partial charge in [-0.25, -0.2) is 0 Å². The quantitative estimate of drug-likeness (QED) is 0.379. The van der Waals surface area contributed by atoms with Crippen molar-refractivity contribution >= 4 is 17.6 Å². The highest BCUT2D eigenvalue weighted by Gasteiger charge is 2.43. The van der Waals surface area contributed by atoms with Crippen molar-refractivity contribution in [2.45, 2.75) is 37.6 Å². The van der Waals surface area contributed by atoms with Gasteiger partial charge < -0.3 is 22.1 Å². The number of aryl methyl sites for hydroxylation is 2. The monoisotopic (exact) mass is 407 g/mol. The van der Waals surface area contributed by atoms with Crippen LogP contribution in [0.1, 0.15) is 56.3 Å². The van der Waals surface area contributed by atoms with Crippen LogP contribution in [0, 0.1) is 5.41 Å². The Morgan fingerprint density at radius 1 is 1.00 bits per heavy atom.